The van der Waals surface area contributed by atoms with Gasteiger partial charge in [-0.1, -0.05) is 31.0 Å². The van der Waals surface area contributed by atoms with Crippen molar-refractivity contribution in [3.63, 3.8) is 0 Å². The molecule has 1 saturated carbocycles. The number of carbonyl (C=O) groups is 1. The zero-order chi connectivity index (χ0) is 22.3. The smallest absolute Gasteiger partial charge is 0.234 e. The molecule has 0 saturated heterocycles. The Labute approximate surface area is 197 Å². The summed E-state index contributed by atoms with van der Waals surface area (Å²) in [5.41, 5.74) is 1.81. The van der Waals surface area contributed by atoms with Gasteiger partial charge >= 0.3 is 0 Å². The number of nitrogens with zero attached hydrogens (tertiary/aromatic N) is 3. The maximum Gasteiger partial charge on any atom is 0.234 e. The maximum atomic E-state index is 12.6. The third-order valence-corrected chi connectivity index (χ3v) is 7.35. The highest BCUT2D eigenvalue weighted by atomic mass is 32.2. The Morgan fingerprint density at radius 1 is 1.06 bits per heavy atom. The minimum absolute atomic E-state index is 0.0453. The molecule has 1 amide bonds. The van der Waals surface area contributed by atoms with E-state index in [1.807, 2.05) is 54.8 Å². The highest BCUT2D eigenvalue weighted by Crippen LogP contribution is 2.36. The molecule has 168 valence electrons. The van der Waals surface area contributed by atoms with Gasteiger partial charge in [-0.25, -0.2) is 0 Å². The molecule has 4 rings (SSSR count). The van der Waals surface area contributed by atoms with E-state index in [0.29, 0.717) is 6.04 Å². The summed E-state index contributed by atoms with van der Waals surface area (Å²) in [6, 6.07) is 16.2. The molecule has 1 N–H and O–H groups in total. The van der Waals surface area contributed by atoms with Crippen molar-refractivity contribution < 1.29 is 9.53 Å². The summed E-state index contributed by atoms with van der Waals surface area (Å²) in [5, 5.41) is 12.8. The topological polar surface area (TPSA) is 69.0 Å². The van der Waals surface area contributed by atoms with Crippen LogP contribution in [0, 0.1) is 0 Å². The number of thioether (sulfide) groups is 2. The van der Waals surface area contributed by atoms with Crippen LogP contribution in [0.25, 0.3) is 11.4 Å². The van der Waals surface area contributed by atoms with Crippen LogP contribution in [-0.4, -0.2) is 39.8 Å². The summed E-state index contributed by atoms with van der Waals surface area (Å²) < 4.78 is 7.53. The quantitative estimate of drug-likeness (QED) is 0.414. The summed E-state index contributed by atoms with van der Waals surface area (Å²) in [6.45, 7) is 0. The molecule has 0 unspecified atom stereocenters. The summed E-state index contributed by atoms with van der Waals surface area (Å²) in [6.07, 6.45) is 7.96. The fraction of sp³-hybridized carbons (Fsp3) is 0.375. The molecule has 2 aromatic carbocycles. The Hall–Kier alpha value is -2.45. The van der Waals surface area contributed by atoms with E-state index in [4.69, 9.17) is 4.74 Å². The predicted molar refractivity (Wildman–Crippen MR) is 132 cm³/mol. The first kappa shape index (κ1) is 22.7. The van der Waals surface area contributed by atoms with Crippen molar-refractivity contribution in [3.05, 3.63) is 48.5 Å². The van der Waals surface area contributed by atoms with Gasteiger partial charge in [0.25, 0.3) is 0 Å². The molecule has 1 aliphatic rings. The number of carbonyl (C=O) groups excluding carboxylic acids is 1. The van der Waals surface area contributed by atoms with Gasteiger partial charge in [-0.2, -0.15) is 0 Å². The first-order valence-corrected chi connectivity index (χ1v) is 13.0. The van der Waals surface area contributed by atoms with Gasteiger partial charge in [-0.3, -0.25) is 9.36 Å². The van der Waals surface area contributed by atoms with Gasteiger partial charge in [0, 0.05) is 22.2 Å². The van der Waals surface area contributed by atoms with Crippen LogP contribution in [0.4, 0.5) is 5.69 Å². The van der Waals surface area contributed by atoms with Gasteiger partial charge in [-0.05, 0) is 67.6 Å². The third kappa shape index (κ3) is 5.48. The Balaban J connectivity index is 1.50. The molecular formula is C24H28N4O2S2. The number of methoxy groups -OCH3 is 1. The van der Waals surface area contributed by atoms with Crippen molar-refractivity contribution in [2.45, 2.75) is 48.2 Å². The van der Waals surface area contributed by atoms with E-state index in [9.17, 15) is 4.79 Å². The second-order valence-electron chi connectivity index (χ2n) is 7.76. The summed E-state index contributed by atoms with van der Waals surface area (Å²) in [5.74, 6) is 1.91. The van der Waals surface area contributed by atoms with E-state index in [1.165, 1.54) is 35.9 Å². The number of benzene rings is 2. The molecule has 1 fully saturated rings. The lowest BCUT2D eigenvalue weighted by molar-refractivity contribution is -0.113. The molecule has 0 radical (unpaired) electrons. The van der Waals surface area contributed by atoms with Crippen LogP contribution in [0.1, 0.15) is 38.1 Å². The van der Waals surface area contributed by atoms with E-state index < -0.39 is 0 Å². The highest BCUT2D eigenvalue weighted by Gasteiger charge is 2.24. The van der Waals surface area contributed by atoms with Crippen LogP contribution in [0.5, 0.6) is 5.75 Å². The summed E-state index contributed by atoms with van der Waals surface area (Å²) in [4.78, 5) is 13.7. The zero-order valence-electron chi connectivity index (χ0n) is 18.4. The lowest BCUT2D eigenvalue weighted by Crippen LogP contribution is -2.17. The molecular weight excluding hydrogens is 440 g/mol. The molecule has 0 bridgehead atoms. The van der Waals surface area contributed by atoms with Crippen LogP contribution in [-0.2, 0) is 4.79 Å². The fourth-order valence-corrected chi connectivity index (χ4v) is 5.20. The van der Waals surface area contributed by atoms with E-state index in [-0.39, 0.29) is 11.7 Å². The Morgan fingerprint density at radius 3 is 2.44 bits per heavy atom. The molecule has 1 aliphatic carbocycles. The fourth-order valence-electron chi connectivity index (χ4n) is 3.98. The molecule has 0 aliphatic heterocycles. The first-order valence-electron chi connectivity index (χ1n) is 10.8. The van der Waals surface area contributed by atoms with Crippen LogP contribution < -0.4 is 10.1 Å². The van der Waals surface area contributed by atoms with E-state index in [2.05, 4.69) is 20.1 Å². The number of nitrogens with one attached hydrogen (secondary N) is 1. The molecule has 0 spiro atoms. The van der Waals surface area contributed by atoms with Crippen molar-refractivity contribution >= 4 is 35.1 Å². The van der Waals surface area contributed by atoms with Gasteiger partial charge in [0.1, 0.15) is 5.75 Å². The standard InChI is InChI=1S/C24H28N4O2S2/c1-30-20-12-8-17(9-13-20)23-26-27-24(28(23)19-6-4-3-5-7-19)32-16-22(29)25-18-10-14-21(31-2)15-11-18/h8-15,19H,3-7,16H2,1-2H3,(H,25,29). The van der Waals surface area contributed by atoms with Crippen LogP contribution in [0.3, 0.4) is 0 Å². The largest absolute Gasteiger partial charge is 0.497 e. The van der Waals surface area contributed by atoms with Crippen molar-refractivity contribution in [2.75, 3.05) is 24.4 Å². The van der Waals surface area contributed by atoms with Crippen LogP contribution in [0.2, 0.25) is 0 Å². The monoisotopic (exact) mass is 468 g/mol. The third-order valence-electron chi connectivity index (χ3n) is 5.66. The van der Waals surface area contributed by atoms with Crippen molar-refractivity contribution in [1.82, 2.24) is 14.8 Å². The van der Waals surface area contributed by atoms with Gasteiger partial charge in [-0.15, -0.1) is 22.0 Å². The normalized spacial score (nSPS) is 14.3. The SMILES string of the molecule is COc1ccc(-c2nnc(SCC(=O)Nc3ccc(SC)cc3)n2C2CCCCC2)cc1. The molecule has 8 heteroatoms. The van der Waals surface area contributed by atoms with Gasteiger partial charge in [0.2, 0.25) is 5.91 Å². The van der Waals surface area contributed by atoms with E-state index in [0.717, 1.165) is 40.8 Å². The molecule has 32 heavy (non-hydrogen) atoms. The summed E-state index contributed by atoms with van der Waals surface area (Å²) in [7, 11) is 1.66. The number of anilines is 1. The van der Waals surface area contributed by atoms with Crippen molar-refractivity contribution in [1.29, 1.82) is 0 Å². The molecule has 0 atom stereocenters. The second-order valence-corrected chi connectivity index (χ2v) is 9.58. The number of hydrogen-bond donors (Lipinski definition) is 1. The number of aromatic nitrogens is 3. The number of amides is 1. The molecule has 3 aromatic rings. The average molecular weight is 469 g/mol. The Morgan fingerprint density at radius 2 is 1.78 bits per heavy atom. The number of hydrogen-bond acceptors (Lipinski definition) is 6. The van der Waals surface area contributed by atoms with Crippen molar-refractivity contribution in [3.8, 4) is 17.1 Å². The number of ether oxygens (including phenoxy) is 1. The molecule has 6 nitrogen and oxygen atoms in total. The average Bonchev–Trinajstić information content (AvgIpc) is 3.28. The van der Waals surface area contributed by atoms with Crippen LogP contribution >= 0.6 is 23.5 Å². The van der Waals surface area contributed by atoms with Gasteiger partial charge in [0.15, 0.2) is 11.0 Å². The lowest BCUT2D eigenvalue weighted by atomic mass is 9.95. The molecule has 1 aromatic heterocycles. The minimum atomic E-state index is -0.0453. The van der Waals surface area contributed by atoms with E-state index in [1.54, 1.807) is 18.9 Å². The zero-order valence-corrected chi connectivity index (χ0v) is 20.0. The minimum Gasteiger partial charge on any atom is -0.497 e. The molecule has 1 heterocycles. The second kappa shape index (κ2) is 10.9. The van der Waals surface area contributed by atoms with Crippen molar-refractivity contribution in [2.24, 2.45) is 0 Å². The first-order chi connectivity index (χ1) is 15.7. The van der Waals surface area contributed by atoms with Gasteiger partial charge < -0.3 is 10.1 Å². The summed E-state index contributed by atoms with van der Waals surface area (Å²) >= 11 is 3.13. The Bertz CT molecular complexity index is 1030. The van der Waals surface area contributed by atoms with Gasteiger partial charge in [0.05, 0.1) is 12.9 Å². The predicted octanol–water partition coefficient (Wildman–Crippen LogP) is 5.91. The maximum absolute atomic E-state index is 12.6. The Kier molecular flexibility index (Phi) is 7.76. The highest BCUT2D eigenvalue weighted by molar-refractivity contribution is 7.99. The van der Waals surface area contributed by atoms with Crippen LogP contribution in [0.15, 0.2) is 58.6 Å². The number of rotatable bonds is 8. The van der Waals surface area contributed by atoms with E-state index >= 15 is 0 Å². The lowest BCUT2D eigenvalue weighted by Gasteiger charge is -2.25.